The Labute approximate surface area is 135 Å². The molecule has 2 aromatic heterocycles. The van der Waals surface area contributed by atoms with Crippen LogP contribution < -0.4 is 0 Å². The van der Waals surface area contributed by atoms with E-state index < -0.39 is 0 Å². The van der Waals surface area contributed by atoms with E-state index in [0.29, 0.717) is 5.69 Å². The summed E-state index contributed by atoms with van der Waals surface area (Å²) in [5.74, 6) is -0.00260. The first-order chi connectivity index (χ1) is 10.4. The maximum atomic E-state index is 12.8. The smallest absolute Gasteiger partial charge is 0.221 e. The lowest BCUT2D eigenvalue weighted by Gasteiger charge is -2.29. The third-order valence-corrected chi connectivity index (χ3v) is 6.26. The Morgan fingerprint density at radius 2 is 2.18 bits per heavy atom. The molecule has 0 amide bonds. The zero-order valence-corrected chi connectivity index (χ0v) is 14.1. The minimum Gasteiger partial charge on any atom is -0.392 e. The van der Waals surface area contributed by atoms with Gasteiger partial charge in [0.05, 0.1) is 11.5 Å². The van der Waals surface area contributed by atoms with Crippen LogP contribution in [0.15, 0.2) is 18.3 Å². The first-order valence-electron chi connectivity index (χ1n) is 7.67. The molecule has 0 atom stereocenters. The van der Waals surface area contributed by atoms with Crippen molar-refractivity contribution in [3.05, 3.63) is 50.5 Å². The van der Waals surface area contributed by atoms with Crippen LogP contribution in [-0.4, -0.2) is 15.9 Å². The van der Waals surface area contributed by atoms with E-state index >= 15 is 0 Å². The normalized spacial score (nSPS) is 16.4. The summed E-state index contributed by atoms with van der Waals surface area (Å²) in [4.78, 5) is 19.2. The monoisotopic (exact) mass is 315 g/mol. The van der Waals surface area contributed by atoms with E-state index in [9.17, 15) is 4.79 Å². The van der Waals surface area contributed by atoms with Crippen molar-refractivity contribution in [2.24, 2.45) is 0 Å². The number of rotatable bonds is 3. The molecule has 22 heavy (non-hydrogen) atoms. The minimum absolute atomic E-state index is 0.00260. The molecule has 116 valence electrons. The van der Waals surface area contributed by atoms with Gasteiger partial charge >= 0.3 is 0 Å². The van der Waals surface area contributed by atoms with Gasteiger partial charge in [-0.1, -0.05) is 19.9 Å². The van der Waals surface area contributed by atoms with Crippen molar-refractivity contribution in [1.29, 1.82) is 0 Å². The zero-order chi connectivity index (χ0) is 15.9. The number of carbonyl (C=O) groups excluding carboxylic acids is 1. The SMILES string of the molecule is Cc1c(C(=O)c2ccc(CO)cn2)sc2c1CCCC2(C)C. The number of hydrogen-bond acceptors (Lipinski definition) is 4. The van der Waals surface area contributed by atoms with Gasteiger partial charge in [-0.15, -0.1) is 11.3 Å². The molecule has 0 aromatic carbocycles. The highest BCUT2D eigenvalue weighted by Gasteiger charge is 2.33. The van der Waals surface area contributed by atoms with Gasteiger partial charge in [-0.25, -0.2) is 0 Å². The van der Waals surface area contributed by atoms with Crippen LogP contribution in [0, 0.1) is 6.92 Å². The molecule has 0 radical (unpaired) electrons. The fourth-order valence-corrected chi connectivity index (χ4v) is 4.64. The molecule has 0 bridgehead atoms. The van der Waals surface area contributed by atoms with Crippen molar-refractivity contribution in [3.8, 4) is 0 Å². The molecule has 0 saturated carbocycles. The molecule has 4 heteroatoms. The van der Waals surface area contributed by atoms with Crippen LogP contribution in [-0.2, 0) is 18.4 Å². The van der Waals surface area contributed by atoms with Crippen LogP contribution >= 0.6 is 11.3 Å². The summed E-state index contributed by atoms with van der Waals surface area (Å²) in [7, 11) is 0. The molecule has 0 fully saturated rings. The third-order valence-electron chi connectivity index (χ3n) is 4.56. The number of thiophene rings is 1. The Hall–Kier alpha value is -1.52. The van der Waals surface area contributed by atoms with Crippen LogP contribution in [0.4, 0.5) is 0 Å². The van der Waals surface area contributed by atoms with E-state index in [2.05, 4.69) is 25.8 Å². The molecule has 0 spiro atoms. The van der Waals surface area contributed by atoms with Gasteiger partial charge in [-0.05, 0) is 54.4 Å². The first kappa shape index (κ1) is 15.4. The minimum atomic E-state index is -0.0536. The van der Waals surface area contributed by atoms with Crippen LogP contribution in [0.2, 0.25) is 0 Å². The number of carbonyl (C=O) groups is 1. The van der Waals surface area contributed by atoms with Gasteiger partial charge in [0.1, 0.15) is 5.69 Å². The number of pyridine rings is 1. The van der Waals surface area contributed by atoms with Crippen molar-refractivity contribution < 1.29 is 9.90 Å². The van der Waals surface area contributed by atoms with E-state index in [0.717, 1.165) is 22.4 Å². The van der Waals surface area contributed by atoms with Crippen LogP contribution in [0.25, 0.3) is 0 Å². The highest BCUT2D eigenvalue weighted by Crippen LogP contribution is 2.44. The summed E-state index contributed by atoms with van der Waals surface area (Å²) in [5, 5.41) is 9.07. The van der Waals surface area contributed by atoms with Crippen molar-refractivity contribution in [2.75, 3.05) is 0 Å². The van der Waals surface area contributed by atoms with Crippen molar-refractivity contribution >= 4 is 17.1 Å². The predicted octanol–water partition coefficient (Wildman–Crippen LogP) is 3.79. The molecule has 1 aliphatic rings. The van der Waals surface area contributed by atoms with E-state index in [1.54, 1.807) is 29.7 Å². The molecular formula is C18H21NO2S. The van der Waals surface area contributed by atoms with Gasteiger partial charge in [-0.3, -0.25) is 9.78 Å². The third kappa shape index (κ3) is 2.50. The molecule has 2 heterocycles. The number of ketones is 1. The van der Waals surface area contributed by atoms with Gasteiger partial charge in [0.15, 0.2) is 0 Å². The number of aromatic nitrogens is 1. The molecule has 0 saturated heterocycles. The zero-order valence-electron chi connectivity index (χ0n) is 13.3. The lowest BCUT2D eigenvalue weighted by atomic mass is 9.77. The predicted molar refractivity (Wildman–Crippen MR) is 88.6 cm³/mol. The summed E-state index contributed by atoms with van der Waals surface area (Å²) < 4.78 is 0. The van der Waals surface area contributed by atoms with Crippen LogP contribution in [0.5, 0.6) is 0 Å². The lowest BCUT2D eigenvalue weighted by Crippen LogP contribution is -2.21. The van der Waals surface area contributed by atoms with Gasteiger partial charge in [0.25, 0.3) is 0 Å². The van der Waals surface area contributed by atoms with Gasteiger partial charge in [-0.2, -0.15) is 0 Å². The quantitative estimate of drug-likeness (QED) is 0.877. The molecule has 2 aromatic rings. The second kappa shape index (κ2) is 5.60. The van der Waals surface area contributed by atoms with E-state index in [4.69, 9.17) is 5.11 Å². The average molecular weight is 315 g/mol. The Balaban J connectivity index is 2.01. The molecular weight excluding hydrogens is 294 g/mol. The topological polar surface area (TPSA) is 50.2 Å². The number of hydrogen-bond donors (Lipinski definition) is 1. The molecule has 0 unspecified atom stereocenters. The summed E-state index contributed by atoms with van der Waals surface area (Å²) in [5.41, 5.74) is 3.84. The Kier molecular flexibility index (Phi) is 3.91. The maximum Gasteiger partial charge on any atom is 0.221 e. The Morgan fingerprint density at radius 3 is 2.77 bits per heavy atom. The van der Waals surface area contributed by atoms with Gasteiger partial charge in [0, 0.05) is 11.1 Å². The standard InChI is InChI=1S/C18H21NO2S/c1-11-13-5-4-8-18(2,3)17(13)22-16(11)15(21)14-7-6-12(10-20)9-19-14/h6-7,9,20H,4-5,8,10H2,1-3H3. The number of aliphatic hydroxyl groups excluding tert-OH is 1. The van der Waals surface area contributed by atoms with Gasteiger partial charge < -0.3 is 5.11 Å². The van der Waals surface area contributed by atoms with Crippen molar-refractivity contribution in [3.63, 3.8) is 0 Å². The molecule has 1 aliphatic carbocycles. The largest absolute Gasteiger partial charge is 0.392 e. The van der Waals surface area contributed by atoms with Crippen LogP contribution in [0.1, 0.15) is 63.6 Å². The van der Waals surface area contributed by atoms with Crippen molar-refractivity contribution in [1.82, 2.24) is 4.98 Å². The van der Waals surface area contributed by atoms with Crippen molar-refractivity contribution in [2.45, 2.75) is 52.1 Å². The van der Waals surface area contributed by atoms with E-state index in [1.165, 1.54) is 23.3 Å². The van der Waals surface area contributed by atoms with E-state index in [-0.39, 0.29) is 17.8 Å². The highest BCUT2D eigenvalue weighted by molar-refractivity contribution is 7.14. The molecule has 3 rings (SSSR count). The summed E-state index contributed by atoms with van der Waals surface area (Å²) in [6.07, 6.45) is 5.01. The molecule has 1 N–H and O–H groups in total. The lowest BCUT2D eigenvalue weighted by molar-refractivity contribution is 0.103. The Morgan fingerprint density at radius 1 is 1.41 bits per heavy atom. The molecule has 0 aliphatic heterocycles. The summed E-state index contributed by atoms with van der Waals surface area (Å²) >= 11 is 1.64. The number of aliphatic hydroxyl groups is 1. The number of nitrogens with zero attached hydrogens (tertiary/aromatic N) is 1. The molecule has 3 nitrogen and oxygen atoms in total. The summed E-state index contributed by atoms with van der Waals surface area (Å²) in [6, 6.07) is 3.46. The van der Waals surface area contributed by atoms with E-state index in [1.807, 2.05) is 0 Å². The van der Waals surface area contributed by atoms with Gasteiger partial charge in [0.2, 0.25) is 5.78 Å². The maximum absolute atomic E-state index is 12.8. The summed E-state index contributed by atoms with van der Waals surface area (Å²) in [6.45, 7) is 6.54. The highest BCUT2D eigenvalue weighted by atomic mass is 32.1. The average Bonchev–Trinajstić information content (AvgIpc) is 2.85. The Bertz CT molecular complexity index is 713. The fourth-order valence-electron chi connectivity index (χ4n) is 3.20. The van der Waals surface area contributed by atoms with Crippen LogP contribution in [0.3, 0.4) is 0 Å². The second-order valence-electron chi connectivity index (χ2n) is 6.64. The fraction of sp³-hybridized carbons (Fsp3) is 0.444. The first-order valence-corrected chi connectivity index (χ1v) is 8.49. The number of fused-ring (bicyclic) bond motifs is 1. The second-order valence-corrected chi connectivity index (χ2v) is 7.66.